The Kier molecular flexibility index (Phi) is 3.25. The monoisotopic (exact) mass is 236 g/mol. The lowest BCUT2D eigenvalue weighted by Crippen LogP contribution is -1.95. The number of ether oxygens (including phenoxy) is 1. The summed E-state index contributed by atoms with van der Waals surface area (Å²) in [7, 11) is 1.64. The van der Waals surface area contributed by atoms with Gasteiger partial charge in [-0.1, -0.05) is 13.3 Å². The predicted molar refractivity (Wildman–Crippen MR) is 65.1 cm³/mol. The highest BCUT2D eigenvalue weighted by Gasteiger charge is 2.06. The highest BCUT2D eigenvalue weighted by molar-refractivity contribution is 6.28. The van der Waals surface area contributed by atoms with Gasteiger partial charge < -0.3 is 4.74 Å². The van der Waals surface area contributed by atoms with E-state index in [-0.39, 0.29) is 0 Å². The van der Waals surface area contributed by atoms with E-state index >= 15 is 0 Å². The zero-order valence-corrected chi connectivity index (χ0v) is 10.1. The molecular formula is C12H13ClN2O. The molecule has 0 radical (unpaired) electrons. The maximum absolute atomic E-state index is 5.89. The summed E-state index contributed by atoms with van der Waals surface area (Å²) < 4.78 is 5.16. The molecule has 1 aromatic carbocycles. The van der Waals surface area contributed by atoms with E-state index in [4.69, 9.17) is 16.3 Å². The first kappa shape index (κ1) is 11.1. The van der Waals surface area contributed by atoms with Crippen molar-refractivity contribution < 1.29 is 4.74 Å². The Morgan fingerprint density at radius 1 is 1.31 bits per heavy atom. The van der Waals surface area contributed by atoms with Gasteiger partial charge in [0.1, 0.15) is 5.75 Å². The molecule has 0 aliphatic rings. The Hall–Kier alpha value is -1.35. The number of hydrogen-bond acceptors (Lipinski definition) is 3. The third-order valence-electron chi connectivity index (χ3n) is 2.44. The van der Waals surface area contributed by atoms with Crippen molar-refractivity contribution in [2.75, 3.05) is 7.11 Å². The van der Waals surface area contributed by atoms with Crippen LogP contribution in [0, 0.1) is 0 Å². The smallest absolute Gasteiger partial charge is 0.223 e. The van der Waals surface area contributed by atoms with Gasteiger partial charge in [-0.3, -0.25) is 0 Å². The second-order valence-electron chi connectivity index (χ2n) is 3.57. The molecule has 1 aromatic heterocycles. The van der Waals surface area contributed by atoms with Crippen LogP contribution in [0.15, 0.2) is 18.2 Å². The largest absolute Gasteiger partial charge is 0.497 e. The molecule has 0 atom stereocenters. The number of nitrogens with zero attached hydrogens (tertiary/aromatic N) is 2. The summed E-state index contributed by atoms with van der Waals surface area (Å²) in [5.41, 5.74) is 1.84. The van der Waals surface area contributed by atoms with Crippen LogP contribution in [-0.2, 0) is 6.42 Å². The Morgan fingerprint density at radius 2 is 2.12 bits per heavy atom. The summed E-state index contributed by atoms with van der Waals surface area (Å²) in [6.07, 6.45) is 1.94. The van der Waals surface area contributed by atoms with Crippen molar-refractivity contribution in [3.63, 3.8) is 0 Å². The summed E-state index contributed by atoms with van der Waals surface area (Å²) in [5.74, 6) is 0.782. The van der Waals surface area contributed by atoms with Crippen molar-refractivity contribution >= 4 is 22.5 Å². The predicted octanol–water partition coefficient (Wildman–Crippen LogP) is 3.24. The average molecular weight is 237 g/mol. The van der Waals surface area contributed by atoms with E-state index in [0.29, 0.717) is 5.28 Å². The SMILES string of the molecule is CCCc1nc(Cl)nc2cc(OC)ccc12. The van der Waals surface area contributed by atoms with Crippen LogP contribution in [0.4, 0.5) is 0 Å². The summed E-state index contributed by atoms with van der Waals surface area (Å²) in [6, 6.07) is 5.77. The molecule has 0 aliphatic heterocycles. The van der Waals surface area contributed by atoms with Crippen LogP contribution in [0.1, 0.15) is 19.0 Å². The molecule has 2 rings (SSSR count). The first-order valence-corrected chi connectivity index (χ1v) is 5.62. The van der Waals surface area contributed by atoms with Gasteiger partial charge in [0.2, 0.25) is 5.28 Å². The lowest BCUT2D eigenvalue weighted by Gasteiger charge is -2.06. The van der Waals surface area contributed by atoms with E-state index < -0.39 is 0 Å². The van der Waals surface area contributed by atoms with Crippen molar-refractivity contribution in [2.45, 2.75) is 19.8 Å². The zero-order valence-electron chi connectivity index (χ0n) is 9.33. The second kappa shape index (κ2) is 4.66. The summed E-state index contributed by atoms with van der Waals surface area (Å²) >= 11 is 5.89. The van der Waals surface area contributed by atoms with Crippen molar-refractivity contribution in [3.8, 4) is 5.75 Å². The van der Waals surface area contributed by atoms with Gasteiger partial charge in [0.25, 0.3) is 0 Å². The number of halogens is 1. The minimum Gasteiger partial charge on any atom is -0.497 e. The highest BCUT2D eigenvalue weighted by Crippen LogP contribution is 2.23. The van der Waals surface area contributed by atoms with E-state index in [1.807, 2.05) is 18.2 Å². The molecule has 1 heterocycles. The van der Waals surface area contributed by atoms with Gasteiger partial charge >= 0.3 is 0 Å². The maximum Gasteiger partial charge on any atom is 0.223 e. The van der Waals surface area contributed by atoms with Crippen LogP contribution < -0.4 is 4.74 Å². The molecule has 0 unspecified atom stereocenters. The minimum absolute atomic E-state index is 0.296. The fraction of sp³-hybridized carbons (Fsp3) is 0.333. The zero-order chi connectivity index (χ0) is 11.5. The van der Waals surface area contributed by atoms with Crippen LogP contribution in [0.25, 0.3) is 10.9 Å². The van der Waals surface area contributed by atoms with Crippen LogP contribution in [0.3, 0.4) is 0 Å². The van der Waals surface area contributed by atoms with Crippen LogP contribution >= 0.6 is 11.6 Å². The van der Waals surface area contributed by atoms with Gasteiger partial charge in [-0.2, -0.15) is 0 Å². The molecule has 2 aromatic rings. The fourth-order valence-corrected chi connectivity index (χ4v) is 1.89. The normalized spacial score (nSPS) is 10.7. The molecular weight excluding hydrogens is 224 g/mol. The second-order valence-corrected chi connectivity index (χ2v) is 3.91. The number of benzene rings is 1. The molecule has 84 valence electrons. The molecule has 0 bridgehead atoms. The lowest BCUT2D eigenvalue weighted by molar-refractivity contribution is 0.415. The van der Waals surface area contributed by atoms with Gasteiger partial charge in [0.05, 0.1) is 18.3 Å². The molecule has 0 spiro atoms. The molecule has 0 fully saturated rings. The summed E-state index contributed by atoms with van der Waals surface area (Å²) in [6.45, 7) is 2.12. The number of methoxy groups -OCH3 is 1. The first-order chi connectivity index (χ1) is 7.74. The molecule has 4 heteroatoms. The quantitative estimate of drug-likeness (QED) is 0.768. The van der Waals surface area contributed by atoms with Crippen LogP contribution in [0.5, 0.6) is 5.75 Å². The van der Waals surface area contributed by atoms with Gasteiger partial charge in [0, 0.05) is 11.5 Å². The molecule has 3 nitrogen and oxygen atoms in total. The summed E-state index contributed by atoms with van der Waals surface area (Å²) in [4.78, 5) is 8.46. The Balaban J connectivity index is 2.63. The van der Waals surface area contributed by atoms with E-state index in [0.717, 1.165) is 35.2 Å². The standard InChI is InChI=1S/C12H13ClN2O/c1-3-4-10-9-6-5-8(16-2)7-11(9)15-12(13)14-10/h5-7H,3-4H2,1-2H3. The molecule has 0 amide bonds. The van der Waals surface area contributed by atoms with Gasteiger partial charge in [-0.25, -0.2) is 9.97 Å². The fourth-order valence-electron chi connectivity index (χ4n) is 1.70. The molecule has 16 heavy (non-hydrogen) atoms. The first-order valence-electron chi connectivity index (χ1n) is 5.24. The number of rotatable bonds is 3. The van der Waals surface area contributed by atoms with Crippen molar-refractivity contribution in [1.29, 1.82) is 0 Å². The van der Waals surface area contributed by atoms with E-state index in [2.05, 4.69) is 16.9 Å². The Bertz CT molecular complexity index is 514. The molecule has 0 N–H and O–H groups in total. The Morgan fingerprint density at radius 3 is 2.81 bits per heavy atom. The van der Waals surface area contributed by atoms with E-state index in [1.165, 1.54) is 0 Å². The third-order valence-corrected chi connectivity index (χ3v) is 2.61. The van der Waals surface area contributed by atoms with Crippen molar-refractivity contribution in [3.05, 3.63) is 29.2 Å². The van der Waals surface area contributed by atoms with Crippen molar-refractivity contribution in [2.24, 2.45) is 0 Å². The summed E-state index contributed by atoms with van der Waals surface area (Å²) in [5, 5.41) is 1.34. The number of hydrogen-bond donors (Lipinski definition) is 0. The molecule has 0 aliphatic carbocycles. The number of aryl methyl sites for hydroxylation is 1. The van der Waals surface area contributed by atoms with Gasteiger partial charge in [-0.05, 0) is 30.2 Å². The third kappa shape index (κ3) is 2.09. The van der Waals surface area contributed by atoms with E-state index in [9.17, 15) is 0 Å². The topological polar surface area (TPSA) is 35.0 Å². The molecule has 0 saturated carbocycles. The minimum atomic E-state index is 0.296. The van der Waals surface area contributed by atoms with Crippen molar-refractivity contribution in [1.82, 2.24) is 9.97 Å². The lowest BCUT2D eigenvalue weighted by atomic mass is 10.1. The molecule has 0 saturated heterocycles. The number of aromatic nitrogens is 2. The maximum atomic E-state index is 5.89. The van der Waals surface area contributed by atoms with Gasteiger partial charge in [0.15, 0.2) is 0 Å². The average Bonchev–Trinajstić information content (AvgIpc) is 2.28. The van der Waals surface area contributed by atoms with Crippen LogP contribution in [0.2, 0.25) is 5.28 Å². The van der Waals surface area contributed by atoms with Gasteiger partial charge in [-0.15, -0.1) is 0 Å². The Labute approximate surface area is 99.4 Å². The highest BCUT2D eigenvalue weighted by atomic mass is 35.5. The van der Waals surface area contributed by atoms with Crippen LogP contribution in [-0.4, -0.2) is 17.1 Å². The van der Waals surface area contributed by atoms with E-state index in [1.54, 1.807) is 7.11 Å². The number of fused-ring (bicyclic) bond motifs is 1.